The second-order valence-corrected chi connectivity index (χ2v) is 10.5. The highest BCUT2D eigenvalue weighted by molar-refractivity contribution is 6.24. The van der Waals surface area contributed by atoms with Crippen LogP contribution in [0.3, 0.4) is 0 Å². The number of rotatable bonds is 4. The quantitative estimate of drug-likeness (QED) is 0.194. The molecule has 0 fully saturated rings. The number of nitrogen functional groups attached to an aromatic ring is 1. The summed E-state index contributed by atoms with van der Waals surface area (Å²) >= 11 is 0. The molecule has 0 radical (unpaired) electrons. The smallest absolute Gasteiger partial charge is 0.255 e. The molecule has 2 aromatic carbocycles. The number of fused-ring (bicyclic) bond motifs is 3. The molecule has 10 nitrogen and oxygen atoms in total. The van der Waals surface area contributed by atoms with Crippen molar-refractivity contribution in [2.45, 2.75) is 24.5 Å². The lowest BCUT2D eigenvalue weighted by molar-refractivity contribution is -0.148. The van der Waals surface area contributed by atoms with Gasteiger partial charge in [0.1, 0.15) is 22.8 Å². The second-order valence-electron chi connectivity index (χ2n) is 10.5. The number of hydrogen-bond acceptors (Lipinski definition) is 9. The number of ketones is 2. The van der Waals surface area contributed by atoms with Crippen molar-refractivity contribution < 1.29 is 34.8 Å². The molecule has 5 rings (SSSR count). The SMILES string of the molecule is CN(C)[C@@H]1C(O)=C(C(N)=O)C(=O)[C@]2(O)C(O)=C3C(=O)c4c(O)ccc(/C=C/c5ccc(N)cc5)c4C[C@H]3C[C@@H]12. The Balaban J connectivity index is 1.65. The van der Waals surface area contributed by atoms with E-state index in [0.29, 0.717) is 16.8 Å². The first-order chi connectivity index (χ1) is 18.4. The van der Waals surface area contributed by atoms with Gasteiger partial charge in [-0.1, -0.05) is 30.4 Å². The minimum absolute atomic E-state index is 0.0303. The zero-order valence-corrected chi connectivity index (χ0v) is 21.4. The van der Waals surface area contributed by atoms with Gasteiger partial charge in [-0.25, -0.2) is 0 Å². The van der Waals surface area contributed by atoms with Crippen LogP contribution in [-0.4, -0.2) is 68.5 Å². The van der Waals surface area contributed by atoms with Crippen LogP contribution in [0.4, 0.5) is 5.69 Å². The van der Waals surface area contributed by atoms with Gasteiger partial charge in [0.2, 0.25) is 5.78 Å². The number of nitrogens with zero attached hydrogens (tertiary/aromatic N) is 1. The van der Waals surface area contributed by atoms with Crippen LogP contribution in [0.15, 0.2) is 59.1 Å². The number of phenolic OH excluding ortho intramolecular Hbond substituents is 1. The molecule has 3 aliphatic rings. The Morgan fingerprint density at radius 1 is 1.05 bits per heavy atom. The van der Waals surface area contributed by atoms with Crippen LogP contribution in [0, 0.1) is 11.8 Å². The number of nitrogens with two attached hydrogens (primary N) is 2. The van der Waals surface area contributed by atoms with Crippen molar-refractivity contribution in [2.24, 2.45) is 17.6 Å². The topological polar surface area (TPSA) is 187 Å². The molecule has 0 heterocycles. The molecule has 0 unspecified atom stereocenters. The van der Waals surface area contributed by atoms with Crippen molar-refractivity contribution >= 4 is 35.3 Å². The summed E-state index contributed by atoms with van der Waals surface area (Å²) in [7, 11) is 3.18. The molecule has 0 aromatic heterocycles. The van der Waals surface area contributed by atoms with Gasteiger partial charge < -0.3 is 31.9 Å². The van der Waals surface area contributed by atoms with E-state index in [4.69, 9.17) is 11.5 Å². The van der Waals surface area contributed by atoms with E-state index < -0.39 is 58.0 Å². The maximum atomic E-state index is 13.8. The number of aliphatic hydroxyl groups excluding tert-OH is 2. The monoisotopic (exact) mass is 531 g/mol. The van der Waals surface area contributed by atoms with Crippen molar-refractivity contribution in [3.8, 4) is 5.75 Å². The number of amides is 1. The normalized spacial score (nSPS) is 26.6. The van der Waals surface area contributed by atoms with Crippen LogP contribution in [0.25, 0.3) is 12.2 Å². The maximum absolute atomic E-state index is 13.8. The molecular weight excluding hydrogens is 502 g/mol. The van der Waals surface area contributed by atoms with Gasteiger partial charge in [-0.3, -0.25) is 19.3 Å². The number of likely N-dealkylation sites (N-methyl/N-ethyl adjacent to an activating group) is 1. The Bertz CT molecular complexity index is 1520. The zero-order chi connectivity index (χ0) is 28.4. The minimum Gasteiger partial charge on any atom is -0.510 e. The van der Waals surface area contributed by atoms with Gasteiger partial charge in [0.05, 0.1) is 11.6 Å². The lowest BCUT2D eigenvalue weighted by Gasteiger charge is -2.50. The molecule has 1 amide bonds. The summed E-state index contributed by atoms with van der Waals surface area (Å²) in [4.78, 5) is 40.7. The van der Waals surface area contributed by atoms with Crippen molar-refractivity contribution in [3.05, 3.63) is 81.3 Å². The number of benzene rings is 2. The number of primary amides is 1. The predicted molar refractivity (Wildman–Crippen MR) is 143 cm³/mol. The molecule has 0 saturated heterocycles. The number of aromatic hydroxyl groups is 1. The summed E-state index contributed by atoms with van der Waals surface area (Å²) in [6.45, 7) is 0. The van der Waals surface area contributed by atoms with Gasteiger partial charge in [0, 0.05) is 17.2 Å². The summed E-state index contributed by atoms with van der Waals surface area (Å²) in [5.74, 6) is -6.74. The predicted octanol–water partition coefficient (Wildman–Crippen LogP) is 1.87. The molecule has 4 atom stereocenters. The largest absolute Gasteiger partial charge is 0.510 e. The molecule has 3 aliphatic carbocycles. The number of carbonyl (C=O) groups is 3. The van der Waals surface area contributed by atoms with Gasteiger partial charge in [-0.05, 0) is 67.7 Å². The first-order valence-electron chi connectivity index (χ1n) is 12.4. The van der Waals surface area contributed by atoms with Crippen LogP contribution in [-0.2, 0) is 16.0 Å². The fourth-order valence-electron chi connectivity index (χ4n) is 6.22. The number of hydrogen-bond donors (Lipinski definition) is 6. The number of allylic oxidation sites excluding steroid dienone is 1. The van der Waals surface area contributed by atoms with E-state index in [-0.39, 0.29) is 29.7 Å². The van der Waals surface area contributed by atoms with Gasteiger partial charge in [0.15, 0.2) is 11.4 Å². The molecule has 8 N–H and O–H groups in total. The molecule has 0 saturated carbocycles. The van der Waals surface area contributed by atoms with E-state index >= 15 is 0 Å². The fraction of sp³-hybridized carbons (Fsp3) is 0.276. The summed E-state index contributed by atoms with van der Waals surface area (Å²) in [5, 5.41) is 44.5. The first-order valence-corrected chi connectivity index (χ1v) is 12.4. The van der Waals surface area contributed by atoms with E-state index in [2.05, 4.69) is 0 Å². The molecule has 202 valence electrons. The Labute approximate surface area is 224 Å². The Hall–Kier alpha value is -4.41. The van der Waals surface area contributed by atoms with Crippen LogP contribution in [0.1, 0.15) is 33.5 Å². The second kappa shape index (κ2) is 9.11. The zero-order valence-electron chi connectivity index (χ0n) is 21.4. The average molecular weight is 532 g/mol. The van der Waals surface area contributed by atoms with Crippen LogP contribution >= 0.6 is 0 Å². The Morgan fingerprint density at radius 3 is 2.33 bits per heavy atom. The third-order valence-corrected chi connectivity index (χ3v) is 8.03. The van der Waals surface area contributed by atoms with E-state index in [1.807, 2.05) is 24.3 Å². The summed E-state index contributed by atoms with van der Waals surface area (Å²) < 4.78 is 0. The molecule has 10 heteroatoms. The highest BCUT2D eigenvalue weighted by Crippen LogP contribution is 2.52. The highest BCUT2D eigenvalue weighted by atomic mass is 16.3. The first kappa shape index (κ1) is 26.2. The van der Waals surface area contributed by atoms with Crippen molar-refractivity contribution in [2.75, 3.05) is 19.8 Å². The van der Waals surface area contributed by atoms with Crippen molar-refractivity contribution in [1.82, 2.24) is 4.90 Å². The molecule has 0 aliphatic heterocycles. The summed E-state index contributed by atoms with van der Waals surface area (Å²) in [5.41, 5.74) is 10.1. The fourth-order valence-corrected chi connectivity index (χ4v) is 6.22. The standard InChI is InChI=1S/C29H29N3O7/c1-32(2)23-18-12-15-11-17-14(6-3-13-4-8-16(30)9-5-13)7-10-19(33)21(17)24(34)20(15)26(36)29(18,39)27(37)22(25(23)35)28(31)38/h3-10,15,18,23,33,35-36,39H,11-12,30H2,1-2H3,(H2,31,38)/b6-3+/t15-,18-,23-,29+/m0/s1. The molecule has 39 heavy (non-hydrogen) atoms. The van der Waals surface area contributed by atoms with Crippen molar-refractivity contribution in [3.63, 3.8) is 0 Å². The lowest BCUT2D eigenvalue weighted by Crippen LogP contribution is -2.63. The number of aliphatic hydroxyl groups is 3. The highest BCUT2D eigenvalue weighted by Gasteiger charge is 2.63. The molecule has 0 spiro atoms. The Morgan fingerprint density at radius 2 is 1.72 bits per heavy atom. The number of carbonyl (C=O) groups excluding carboxylic acids is 3. The number of Topliss-reactive ketones (excluding diaryl/α,β-unsaturated/α-hetero) is 2. The van der Waals surface area contributed by atoms with E-state index in [1.54, 1.807) is 32.3 Å². The van der Waals surface area contributed by atoms with Gasteiger partial charge in [-0.15, -0.1) is 0 Å². The number of phenols is 1. The van der Waals surface area contributed by atoms with Crippen molar-refractivity contribution in [1.29, 1.82) is 0 Å². The van der Waals surface area contributed by atoms with Gasteiger partial charge >= 0.3 is 0 Å². The van der Waals surface area contributed by atoms with E-state index in [0.717, 1.165) is 5.56 Å². The molecule has 2 aromatic rings. The Kier molecular flexibility index (Phi) is 6.12. The lowest BCUT2D eigenvalue weighted by atomic mass is 9.58. The third kappa shape index (κ3) is 3.83. The molecular formula is C29H29N3O7. The van der Waals surface area contributed by atoms with Gasteiger partial charge in [0.25, 0.3) is 5.91 Å². The van der Waals surface area contributed by atoms with Crippen LogP contribution < -0.4 is 11.5 Å². The summed E-state index contributed by atoms with van der Waals surface area (Å²) in [6, 6.07) is 9.22. The van der Waals surface area contributed by atoms with E-state index in [1.165, 1.54) is 11.0 Å². The van der Waals surface area contributed by atoms with E-state index in [9.17, 15) is 34.8 Å². The maximum Gasteiger partial charge on any atom is 0.255 e. The van der Waals surface area contributed by atoms with Crippen LogP contribution in [0.2, 0.25) is 0 Å². The van der Waals surface area contributed by atoms with Gasteiger partial charge in [-0.2, -0.15) is 0 Å². The minimum atomic E-state index is -2.66. The average Bonchev–Trinajstić information content (AvgIpc) is 2.86. The third-order valence-electron chi connectivity index (χ3n) is 8.03. The summed E-state index contributed by atoms with van der Waals surface area (Å²) in [6.07, 6.45) is 3.90. The number of anilines is 1. The molecule has 0 bridgehead atoms. The van der Waals surface area contributed by atoms with Crippen LogP contribution in [0.5, 0.6) is 5.75 Å².